The van der Waals surface area contributed by atoms with Gasteiger partial charge in [-0.1, -0.05) is 41.5 Å². The average Bonchev–Trinajstić information content (AvgIpc) is 2.89. The molecule has 0 aromatic heterocycles. The van der Waals surface area contributed by atoms with Gasteiger partial charge in [0.1, 0.15) is 24.0 Å². The lowest BCUT2D eigenvalue weighted by molar-refractivity contribution is -0.116. The first-order valence-corrected chi connectivity index (χ1v) is 12.8. The molecule has 2 N–H and O–H groups in total. The summed E-state index contributed by atoms with van der Waals surface area (Å²) in [6.45, 7) is 6.38. The summed E-state index contributed by atoms with van der Waals surface area (Å²) in [7, 11) is 0. The van der Waals surface area contributed by atoms with Crippen LogP contribution in [0, 0.1) is 37.9 Å². The fourth-order valence-electron chi connectivity index (χ4n) is 5.52. The van der Waals surface area contributed by atoms with Gasteiger partial charge in [0.2, 0.25) is 0 Å². The quantitative estimate of drug-likeness (QED) is 0.419. The molecular weight excluding hydrogens is 477 g/mol. The van der Waals surface area contributed by atoms with Crippen LogP contribution in [0.1, 0.15) is 53.0 Å². The number of ether oxygens (including phenoxy) is 1. The van der Waals surface area contributed by atoms with Crippen LogP contribution < -0.4 is 15.4 Å². The first kappa shape index (κ1) is 25.3. The Morgan fingerprint density at radius 2 is 1.82 bits per heavy atom. The molecule has 1 unspecified atom stereocenters. The van der Waals surface area contributed by atoms with Gasteiger partial charge in [0.15, 0.2) is 5.78 Å². The summed E-state index contributed by atoms with van der Waals surface area (Å²) < 4.78 is 20.3. The van der Waals surface area contributed by atoms with Gasteiger partial charge < -0.3 is 10.5 Å². The van der Waals surface area contributed by atoms with Crippen LogP contribution >= 0.6 is 0 Å². The van der Waals surface area contributed by atoms with Crippen LogP contribution in [-0.4, -0.2) is 5.78 Å². The number of aryl methyl sites for hydroxylation is 2. The van der Waals surface area contributed by atoms with E-state index < -0.39 is 11.7 Å². The van der Waals surface area contributed by atoms with Crippen molar-refractivity contribution in [2.24, 2.45) is 5.73 Å². The van der Waals surface area contributed by atoms with E-state index >= 15 is 0 Å². The maximum atomic E-state index is 14.2. The Balaban J connectivity index is 1.63. The molecular formula is C32H30FN3O2. The number of carbonyl (C=O) groups is 1. The Labute approximate surface area is 222 Å². The number of benzene rings is 3. The predicted octanol–water partition coefficient (Wildman–Crippen LogP) is 6.63. The van der Waals surface area contributed by atoms with Crippen molar-refractivity contribution in [3.8, 4) is 11.8 Å². The van der Waals surface area contributed by atoms with Crippen molar-refractivity contribution in [3.05, 3.63) is 117 Å². The van der Waals surface area contributed by atoms with Gasteiger partial charge in [-0.25, -0.2) is 4.39 Å². The van der Waals surface area contributed by atoms with Crippen LogP contribution in [0.2, 0.25) is 0 Å². The lowest BCUT2D eigenvalue weighted by Crippen LogP contribution is -2.39. The lowest BCUT2D eigenvalue weighted by Gasteiger charge is -2.40. The zero-order chi connectivity index (χ0) is 27.0. The van der Waals surface area contributed by atoms with Crippen LogP contribution in [0.3, 0.4) is 0 Å². The number of nitrogens with two attached hydrogens (primary N) is 1. The van der Waals surface area contributed by atoms with Crippen molar-refractivity contribution in [2.75, 3.05) is 4.90 Å². The van der Waals surface area contributed by atoms with E-state index in [0.717, 1.165) is 39.3 Å². The predicted molar refractivity (Wildman–Crippen MR) is 146 cm³/mol. The first-order valence-electron chi connectivity index (χ1n) is 12.8. The number of anilines is 1. The van der Waals surface area contributed by atoms with E-state index in [1.807, 2.05) is 51.1 Å². The molecule has 2 aliphatic rings. The zero-order valence-electron chi connectivity index (χ0n) is 21.8. The molecule has 0 saturated heterocycles. The molecule has 0 radical (unpaired) electrons. The smallest absolute Gasteiger partial charge is 0.161 e. The van der Waals surface area contributed by atoms with E-state index in [1.54, 1.807) is 17.0 Å². The van der Waals surface area contributed by atoms with Gasteiger partial charge in [-0.05, 0) is 80.6 Å². The Kier molecular flexibility index (Phi) is 6.77. The van der Waals surface area contributed by atoms with Gasteiger partial charge in [-0.2, -0.15) is 5.26 Å². The van der Waals surface area contributed by atoms with Crippen LogP contribution in [0.15, 0.2) is 83.3 Å². The van der Waals surface area contributed by atoms with Crippen molar-refractivity contribution in [1.82, 2.24) is 0 Å². The van der Waals surface area contributed by atoms with Crippen molar-refractivity contribution in [1.29, 1.82) is 5.26 Å². The average molecular weight is 508 g/mol. The van der Waals surface area contributed by atoms with Crippen molar-refractivity contribution in [3.63, 3.8) is 0 Å². The van der Waals surface area contributed by atoms with Gasteiger partial charge in [-0.15, -0.1) is 0 Å². The molecule has 0 spiro atoms. The summed E-state index contributed by atoms with van der Waals surface area (Å²) >= 11 is 0. The Morgan fingerprint density at radius 1 is 1.05 bits per heavy atom. The molecule has 1 atom stereocenters. The maximum absolute atomic E-state index is 14.2. The summed E-state index contributed by atoms with van der Waals surface area (Å²) in [5.41, 5.74) is 13.7. The number of nitrogens with zero attached hydrogens (tertiary/aromatic N) is 2. The van der Waals surface area contributed by atoms with Crippen LogP contribution in [0.4, 0.5) is 10.1 Å². The third kappa shape index (κ3) is 4.56. The molecule has 1 aliphatic heterocycles. The molecule has 0 saturated carbocycles. The molecule has 5 nitrogen and oxygen atoms in total. The Hall–Kier alpha value is -4.37. The third-order valence-corrected chi connectivity index (χ3v) is 7.41. The minimum atomic E-state index is -0.592. The number of Topliss-reactive ketones (excluding diaryl/α,β-unsaturated/α-hetero) is 1. The van der Waals surface area contributed by atoms with Gasteiger partial charge in [0, 0.05) is 17.7 Å². The van der Waals surface area contributed by atoms with Crippen LogP contribution in [0.25, 0.3) is 0 Å². The van der Waals surface area contributed by atoms with Gasteiger partial charge in [0.05, 0.1) is 23.2 Å². The summed E-state index contributed by atoms with van der Waals surface area (Å²) in [6.07, 6.45) is 1.69. The maximum Gasteiger partial charge on any atom is 0.161 e. The monoisotopic (exact) mass is 507 g/mol. The second-order valence-corrected chi connectivity index (χ2v) is 10.0. The van der Waals surface area contributed by atoms with Gasteiger partial charge >= 0.3 is 0 Å². The number of carbonyl (C=O) groups excluding carboxylic acids is 1. The molecule has 1 heterocycles. The van der Waals surface area contributed by atoms with Crippen LogP contribution in [-0.2, 0) is 11.4 Å². The molecule has 3 aromatic carbocycles. The number of allylic oxidation sites excluding steroid dienone is 3. The zero-order valence-corrected chi connectivity index (χ0v) is 21.8. The fraction of sp³-hybridized carbons (Fsp3) is 0.250. The summed E-state index contributed by atoms with van der Waals surface area (Å²) in [5.74, 6) is 0.000499. The number of rotatable bonds is 5. The number of hydrogen-bond donors (Lipinski definition) is 1. The summed E-state index contributed by atoms with van der Waals surface area (Å²) in [5, 5.41) is 10.3. The highest BCUT2D eigenvalue weighted by Gasteiger charge is 2.41. The van der Waals surface area contributed by atoms with Crippen LogP contribution in [0.5, 0.6) is 5.75 Å². The molecule has 0 fully saturated rings. The van der Waals surface area contributed by atoms with E-state index in [1.165, 1.54) is 12.1 Å². The van der Waals surface area contributed by atoms with Crippen molar-refractivity contribution >= 4 is 11.5 Å². The Bertz CT molecular complexity index is 1530. The van der Waals surface area contributed by atoms with Crippen molar-refractivity contribution in [2.45, 2.75) is 52.6 Å². The highest BCUT2D eigenvalue weighted by molar-refractivity contribution is 6.01. The van der Waals surface area contributed by atoms with E-state index in [2.05, 4.69) is 12.1 Å². The number of ketones is 1. The highest BCUT2D eigenvalue weighted by Crippen LogP contribution is 2.47. The summed E-state index contributed by atoms with van der Waals surface area (Å²) in [6, 6.07) is 20.4. The molecule has 192 valence electrons. The SMILES string of the molecule is Cc1ccc(OCc2cc(C)cc(C3C(C#N)=C(N)N(c4cccc(F)c4)C4=C3C(=O)CCC4)c2C)cc1. The minimum Gasteiger partial charge on any atom is -0.489 e. The van der Waals surface area contributed by atoms with E-state index in [0.29, 0.717) is 42.7 Å². The summed E-state index contributed by atoms with van der Waals surface area (Å²) in [4.78, 5) is 15.2. The van der Waals surface area contributed by atoms with Gasteiger partial charge in [0.25, 0.3) is 0 Å². The number of halogens is 1. The fourth-order valence-corrected chi connectivity index (χ4v) is 5.52. The highest BCUT2D eigenvalue weighted by atomic mass is 19.1. The number of hydrogen-bond acceptors (Lipinski definition) is 5. The molecule has 38 heavy (non-hydrogen) atoms. The van der Waals surface area contributed by atoms with E-state index in [-0.39, 0.29) is 11.6 Å². The van der Waals surface area contributed by atoms with E-state index in [4.69, 9.17) is 10.5 Å². The normalized spacial score (nSPS) is 17.4. The van der Waals surface area contributed by atoms with Gasteiger partial charge in [-0.3, -0.25) is 9.69 Å². The Morgan fingerprint density at radius 3 is 2.53 bits per heavy atom. The second-order valence-electron chi connectivity index (χ2n) is 10.0. The lowest BCUT2D eigenvalue weighted by atomic mass is 9.73. The largest absolute Gasteiger partial charge is 0.489 e. The molecule has 5 rings (SSSR count). The minimum absolute atomic E-state index is 0.00346. The molecule has 0 bridgehead atoms. The van der Waals surface area contributed by atoms with Crippen molar-refractivity contribution < 1.29 is 13.9 Å². The standard InChI is InChI=1S/C32H30FN3O2/c1-19-10-12-25(13-11-19)38-18-22-14-20(2)15-26(21(22)3)30-27(17-34)32(35)36(24-7-4-6-23(33)16-24)28-8-5-9-29(37)31(28)30/h4,6-7,10-16,30H,5,8-9,18,35H2,1-3H3. The second kappa shape index (κ2) is 10.2. The molecule has 1 aliphatic carbocycles. The number of nitriles is 1. The third-order valence-electron chi connectivity index (χ3n) is 7.41. The first-order chi connectivity index (χ1) is 18.3. The van der Waals surface area contributed by atoms with E-state index in [9.17, 15) is 14.4 Å². The molecule has 6 heteroatoms. The topological polar surface area (TPSA) is 79.3 Å². The molecule has 3 aromatic rings. The molecule has 0 amide bonds.